The first kappa shape index (κ1) is 51.3. The number of nitrogens with one attached hydrogen (secondary N) is 1. The van der Waals surface area contributed by atoms with Crippen LogP contribution in [0.25, 0.3) is 0 Å². The predicted octanol–water partition coefficient (Wildman–Crippen LogP) is 8.25. The summed E-state index contributed by atoms with van der Waals surface area (Å²) < 4.78 is 18.5. The Morgan fingerprint density at radius 2 is 1.46 bits per heavy atom. The van der Waals surface area contributed by atoms with Gasteiger partial charge in [-0.05, 0) is 102 Å². The second kappa shape index (κ2) is 21.9. The molecule has 388 valence electrons. The molecule has 76 heavy (non-hydrogen) atoms. The number of esters is 1. The van der Waals surface area contributed by atoms with Crippen molar-refractivity contribution in [1.82, 2.24) is 10.2 Å². The molecular formula is C60H56N4O12. The van der Waals surface area contributed by atoms with Gasteiger partial charge in [-0.25, -0.2) is 9.69 Å². The van der Waals surface area contributed by atoms with E-state index < -0.39 is 82.7 Å². The highest BCUT2D eigenvalue weighted by atomic mass is 16.6. The van der Waals surface area contributed by atoms with Crippen LogP contribution < -0.4 is 15.0 Å². The van der Waals surface area contributed by atoms with Gasteiger partial charge >= 0.3 is 12.1 Å². The number of carbonyl (C=O) groups is 4. The number of hydrogen-bond acceptors (Lipinski definition) is 13. The third-order valence-corrected chi connectivity index (χ3v) is 15.0. The smallest absolute Gasteiger partial charge is 0.421 e. The summed E-state index contributed by atoms with van der Waals surface area (Å²) in [6, 6.07) is 40.3. The van der Waals surface area contributed by atoms with Crippen LogP contribution in [-0.2, 0) is 35.9 Å². The molecule has 7 atom stereocenters. The standard InChI is InChI=1S/C60H56N4O12/c65-33-34-74-46-22-14-21-44(36-46)54-60(47-35-39(29-32-59(71)30-12-1-2-13-31-59)25-28-48(47)62(57(60)69)58(70)75-38-40-23-26-45(27-24-40)64(72)73)50(55(67)61-37-49(66)41-15-6-3-7-16-41)52-56(68)76-53(43-19-10-5-11-20-43)51(63(52)54)42-17-8-4-9-18-42/h3-11,14-28,35-36,49-54,65-66,71H,1-2,12-13,30-31,33-34,37-38H2,(H,61,67). The fourth-order valence-corrected chi connectivity index (χ4v) is 11.6. The van der Waals surface area contributed by atoms with E-state index in [9.17, 15) is 30.2 Å². The van der Waals surface area contributed by atoms with Crippen molar-refractivity contribution >= 4 is 35.3 Å². The minimum Gasteiger partial charge on any atom is -0.491 e. The topological polar surface area (TPSA) is 218 Å². The Kier molecular flexibility index (Phi) is 14.8. The van der Waals surface area contributed by atoms with Crippen molar-refractivity contribution in [3.63, 3.8) is 0 Å². The molecule has 3 heterocycles. The molecule has 6 aromatic rings. The van der Waals surface area contributed by atoms with Crippen molar-refractivity contribution in [2.75, 3.05) is 24.7 Å². The number of amides is 3. The van der Waals surface area contributed by atoms with Crippen LogP contribution in [0.2, 0.25) is 0 Å². The molecule has 4 N–H and O–H groups in total. The molecule has 3 fully saturated rings. The Morgan fingerprint density at radius 3 is 2.13 bits per heavy atom. The third-order valence-electron chi connectivity index (χ3n) is 15.0. The lowest BCUT2D eigenvalue weighted by Gasteiger charge is -2.46. The van der Waals surface area contributed by atoms with Gasteiger partial charge in [0, 0.05) is 24.2 Å². The molecule has 0 bridgehead atoms. The number of ether oxygens (including phenoxy) is 3. The van der Waals surface area contributed by atoms with Gasteiger partial charge in [-0.2, -0.15) is 0 Å². The number of non-ortho nitro benzene ring substituents is 1. The number of fused-ring (bicyclic) bond motifs is 3. The molecular weight excluding hydrogens is 969 g/mol. The number of benzene rings is 6. The van der Waals surface area contributed by atoms with Crippen molar-refractivity contribution in [3.8, 4) is 17.6 Å². The van der Waals surface area contributed by atoms with Gasteiger partial charge in [-0.1, -0.05) is 128 Å². The molecule has 1 saturated carbocycles. The first-order chi connectivity index (χ1) is 36.9. The molecule has 16 heteroatoms. The van der Waals surface area contributed by atoms with Gasteiger partial charge in [0.1, 0.15) is 42.1 Å². The zero-order valence-corrected chi connectivity index (χ0v) is 41.4. The van der Waals surface area contributed by atoms with Crippen LogP contribution in [0.1, 0.15) is 102 Å². The fourth-order valence-electron chi connectivity index (χ4n) is 11.6. The molecule has 3 amide bonds. The van der Waals surface area contributed by atoms with Crippen LogP contribution in [-0.4, -0.2) is 80.4 Å². The number of nitro groups is 1. The highest BCUT2D eigenvalue weighted by molar-refractivity contribution is 6.23. The van der Waals surface area contributed by atoms with E-state index in [1.165, 1.54) is 24.3 Å². The maximum atomic E-state index is 16.7. The van der Waals surface area contributed by atoms with Gasteiger partial charge in [0.2, 0.25) is 11.8 Å². The Bertz CT molecular complexity index is 3180. The molecule has 10 rings (SSSR count). The van der Waals surface area contributed by atoms with E-state index in [1.54, 1.807) is 72.8 Å². The average molecular weight is 1030 g/mol. The number of carbonyl (C=O) groups excluding carboxylic acids is 4. The van der Waals surface area contributed by atoms with Gasteiger partial charge in [0.05, 0.1) is 41.3 Å². The monoisotopic (exact) mass is 1020 g/mol. The zero-order valence-electron chi connectivity index (χ0n) is 41.4. The van der Waals surface area contributed by atoms with E-state index in [2.05, 4.69) is 17.2 Å². The number of cyclic esters (lactones) is 1. The maximum absolute atomic E-state index is 16.7. The molecule has 0 aromatic heterocycles. The summed E-state index contributed by atoms with van der Waals surface area (Å²) in [5, 5.41) is 47.6. The van der Waals surface area contributed by atoms with Gasteiger partial charge in [0.25, 0.3) is 5.69 Å². The summed E-state index contributed by atoms with van der Waals surface area (Å²) in [6.07, 6.45) is 1.01. The van der Waals surface area contributed by atoms with E-state index in [4.69, 9.17) is 14.2 Å². The zero-order chi connectivity index (χ0) is 53.0. The number of aliphatic hydroxyl groups excluding tert-OH is 2. The molecule has 1 aliphatic carbocycles. The van der Waals surface area contributed by atoms with Gasteiger partial charge in [0.15, 0.2) is 0 Å². The first-order valence-corrected chi connectivity index (χ1v) is 25.5. The van der Waals surface area contributed by atoms with Gasteiger partial charge in [-0.3, -0.25) is 29.4 Å². The van der Waals surface area contributed by atoms with Crippen LogP contribution in [0, 0.1) is 27.9 Å². The number of nitrogens with zero attached hydrogens (tertiary/aromatic N) is 3. The summed E-state index contributed by atoms with van der Waals surface area (Å²) in [7, 11) is 0. The minimum absolute atomic E-state index is 0.0290. The lowest BCUT2D eigenvalue weighted by Crippen LogP contribution is -2.56. The number of aliphatic hydroxyl groups is 3. The number of imide groups is 1. The van der Waals surface area contributed by atoms with Crippen molar-refractivity contribution < 1.29 is 53.6 Å². The lowest BCUT2D eigenvalue weighted by atomic mass is 9.65. The Hall–Kier alpha value is -8.20. The first-order valence-electron chi connectivity index (χ1n) is 25.5. The van der Waals surface area contributed by atoms with E-state index >= 15 is 14.4 Å². The second-order valence-electron chi connectivity index (χ2n) is 19.6. The third kappa shape index (κ3) is 9.81. The fraction of sp³-hybridized carbons (Fsp3) is 0.300. The minimum atomic E-state index is -2.24. The molecule has 2 saturated heterocycles. The highest BCUT2D eigenvalue weighted by Crippen LogP contribution is 2.66. The summed E-state index contributed by atoms with van der Waals surface area (Å²) in [4.78, 5) is 76.8. The highest BCUT2D eigenvalue weighted by Gasteiger charge is 2.76. The summed E-state index contributed by atoms with van der Waals surface area (Å²) in [6.45, 7) is -1.14. The van der Waals surface area contributed by atoms with Crippen molar-refractivity contribution in [3.05, 3.63) is 207 Å². The molecule has 7 unspecified atom stereocenters. The summed E-state index contributed by atoms with van der Waals surface area (Å²) in [5.41, 5.74) is -0.632. The van der Waals surface area contributed by atoms with E-state index in [-0.39, 0.29) is 36.7 Å². The van der Waals surface area contributed by atoms with Crippen LogP contribution in [0.5, 0.6) is 5.75 Å². The van der Waals surface area contributed by atoms with Crippen molar-refractivity contribution in [2.45, 2.75) is 86.5 Å². The molecule has 6 aromatic carbocycles. The SMILES string of the molecule is O=C1OC(c2ccccc2)C(c2ccccc2)N2C1C(C(=O)NCC(O)c1ccccc1)C1(C(=O)N(C(=O)OCc3ccc([N+](=O)[O-])cc3)c3ccc(C#CC4(O)CCCCCC4)cc31)C2c1cccc(OCCO)c1. The summed E-state index contributed by atoms with van der Waals surface area (Å²) >= 11 is 0. The molecule has 3 aliphatic heterocycles. The van der Waals surface area contributed by atoms with Crippen LogP contribution in [0.15, 0.2) is 158 Å². The van der Waals surface area contributed by atoms with Gasteiger partial charge < -0.3 is 34.8 Å². The van der Waals surface area contributed by atoms with Crippen molar-refractivity contribution in [2.24, 2.45) is 5.92 Å². The number of nitro benzene ring substituents is 1. The van der Waals surface area contributed by atoms with E-state index in [1.807, 2.05) is 65.6 Å². The normalized spacial score (nSPS) is 23.0. The number of rotatable bonds is 13. The number of hydrogen-bond donors (Lipinski definition) is 4. The number of anilines is 1. The Morgan fingerprint density at radius 1 is 0.803 bits per heavy atom. The lowest BCUT2D eigenvalue weighted by molar-refractivity contribution is -0.384. The molecule has 1 spiro atoms. The quantitative estimate of drug-likeness (QED) is 0.0282. The van der Waals surface area contributed by atoms with Crippen LogP contribution in [0.4, 0.5) is 16.2 Å². The molecule has 16 nitrogen and oxygen atoms in total. The average Bonchev–Trinajstić information content (AvgIpc) is 3.81. The predicted molar refractivity (Wildman–Crippen MR) is 278 cm³/mol. The molecule has 0 radical (unpaired) electrons. The number of morpholine rings is 1. The summed E-state index contributed by atoms with van der Waals surface area (Å²) in [5.74, 6) is 2.32. The second-order valence-corrected chi connectivity index (χ2v) is 19.6. The van der Waals surface area contributed by atoms with Crippen LogP contribution >= 0.6 is 0 Å². The van der Waals surface area contributed by atoms with E-state index in [0.29, 0.717) is 52.0 Å². The largest absolute Gasteiger partial charge is 0.491 e. The molecule has 4 aliphatic rings. The maximum Gasteiger partial charge on any atom is 0.421 e. The van der Waals surface area contributed by atoms with E-state index in [0.717, 1.165) is 30.6 Å². The Balaban J connectivity index is 1.22. The van der Waals surface area contributed by atoms with Crippen molar-refractivity contribution in [1.29, 1.82) is 0 Å². The van der Waals surface area contributed by atoms with Crippen LogP contribution in [0.3, 0.4) is 0 Å². The van der Waals surface area contributed by atoms with Gasteiger partial charge in [-0.15, -0.1) is 0 Å². The Labute approximate surface area is 439 Å².